The molecule has 17 heavy (non-hydrogen) atoms. The van der Waals surface area contributed by atoms with E-state index in [9.17, 15) is 5.21 Å². The Labute approximate surface area is 102 Å². The van der Waals surface area contributed by atoms with Gasteiger partial charge >= 0.3 is 0 Å². The average Bonchev–Trinajstić information content (AvgIpc) is 2.40. The van der Waals surface area contributed by atoms with E-state index in [0.29, 0.717) is 0 Å². The van der Waals surface area contributed by atoms with E-state index in [1.807, 2.05) is 74.5 Å². The minimum Gasteiger partial charge on any atom is -0.288 e. The lowest BCUT2D eigenvalue weighted by molar-refractivity contribution is 0.170. The van der Waals surface area contributed by atoms with Crippen LogP contribution in [-0.4, -0.2) is 5.21 Å². The van der Waals surface area contributed by atoms with E-state index in [0.717, 1.165) is 11.3 Å². The van der Waals surface area contributed by atoms with Crippen LogP contribution < -0.4 is 5.06 Å². The molecule has 2 heteroatoms. The number of rotatable bonds is 3. The summed E-state index contributed by atoms with van der Waals surface area (Å²) < 4.78 is 0. The zero-order chi connectivity index (χ0) is 12.3. The van der Waals surface area contributed by atoms with E-state index >= 15 is 0 Å². The Morgan fingerprint density at radius 3 is 1.82 bits per heavy atom. The SMILES string of the molecule is CC(C)(c1ccccc1)N(O)c1ccccc1. The van der Waals surface area contributed by atoms with Crippen molar-refractivity contribution in [3.63, 3.8) is 0 Å². The predicted octanol–water partition coefficient (Wildman–Crippen LogP) is 3.82. The number of hydroxylamine groups is 1. The third-order valence-electron chi connectivity index (χ3n) is 3.01. The standard InChI is InChI=1S/C15H17NO/c1-15(2,13-9-5-3-6-10-13)16(17)14-11-7-4-8-12-14/h3-12,17H,1-2H3. The van der Waals surface area contributed by atoms with Gasteiger partial charge < -0.3 is 0 Å². The molecule has 2 aromatic carbocycles. The Morgan fingerprint density at radius 2 is 1.29 bits per heavy atom. The summed E-state index contributed by atoms with van der Waals surface area (Å²) in [7, 11) is 0. The van der Waals surface area contributed by atoms with Crippen LogP contribution in [0.3, 0.4) is 0 Å². The average molecular weight is 227 g/mol. The van der Waals surface area contributed by atoms with Gasteiger partial charge in [-0.3, -0.25) is 5.21 Å². The molecule has 0 spiro atoms. The summed E-state index contributed by atoms with van der Waals surface area (Å²) in [5.74, 6) is 0. The Morgan fingerprint density at radius 1 is 0.824 bits per heavy atom. The summed E-state index contributed by atoms with van der Waals surface area (Å²) in [6.45, 7) is 3.99. The van der Waals surface area contributed by atoms with Crippen LogP contribution in [0.15, 0.2) is 60.7 Å². The summed E-state index contributed by atoms with van der Waals surface area (Å²) in [5.41, 5.74) is 1.41. The Hall–Kier alpha value is -1.80. The van der Waals surface area contributed by atoms with Crippen molar-refractivity contribution in [2.45, 2.75) is 19.4 Å². The quantitative estimate of drug-likeness (QED) is 0.806. The highest BCUT2D eigenvalue weighted by Gasteiger charge is 2.27. The molecule has 2 aromatic rings. The summed E-state index contributed by atoms with van der Waals surface area (Å²) in [6.07, 6.45) is 0. The molecule has 0 saturated heterocycles. The highest BCUT2D eigenvalue weighted by Crippen LogP contribution is 2.30. The maximum atomic E-state index is 10.3. The second-order valence-corrected chi connectivity index (χ2v) is 4.57. The molecule has 2 nitrogen and oxygen atoms in total. The Bertz CT molecular complexity index is 465. The van der Waals surface area contributed by atoms with Crippen LogP contribution in [0, 0.1) is 0 Å². The summed E-state index contributed by atoms with van der Waals surface area (Å²) in [5, 5.41) is 11.6. The zero-order valence-corrected chi connectivity index (χ0v) is 10.2. The molecule has 0 aliphatic heterocycles. The molecular formula is C15H17NO. The molecule has 0 aliphatic carbocycles. The van der Waals surface area contributed by atoms with Gasteiger partial charge in [-0.1, -0.05) is 48.5 Å². The third kappa shape index (κ3) is 2.32. The van der Waals surface area contributed by atoms with Crippen LogP contribution in [0.4, 0.5) is 5.69 Å². The first-order valence-corrected chi connectivity index (χ1v) is 5.72. The molecule has 0 radical (unpaired) electrons. The molecule has 0 heterocycles. The summed E-state index contributed by atoms with van der Waals surface area (Å²) >= 11 is 0. The molecule has 2 rings (SSSR count). The maximum absolute atomic E-state index is 10.3. The topological polar surface area (TPSA) is 23.5 Å². The highest BCUT2D eigenvalue weighted by atomic mass is 16.5. The smallest absolute Gasteiger partial charge is 0.0863 e. The lowest BCUT2D eigenvalue weighted by atomic mass is 9.93. The van der Waals surface area contributed by atoms with Crippen molar-refractivity contribution in [1.29, 1.82) is 0 Å². The first-order chi connectivity index (χ1) is 8.12. The van der Waals surface area contributed by atoms with E-state index in [4.69, 9.17) is 0 Å². The van der Waals surface area contributed by atoms with E-state index in [2.05, 4.69) is 0 Å². The van der Waals surface area contributed by atoms with Crippen LogP contribution in [0.1, 0.15) is 19.4 Å². The largest absolute Gasteiger partial charge is 0.288 e. The van der Waals surface area contributed by atoms with Crippen LogP contribution >= 0.6 is 0 Å². The van der Waals surface area contributed by atoms with Gasteiger partial charge in [-0.15, -0.1) is 0 Å². The number of hydrogen-bond acceptors (Lipinski definition) is 2. The van der Waals surface area contributed by atoms with Crippen molar-refractivity contribution in [2.24, 2.45) is 0 Å². The van der Waals surface area contributed by atoms with Crippen molar-refractivity contribution in [3.05, 3.63) is 66.2 Å². The van der Waals surface area contributed by atoms with Crippen molar-refractivity contribution >= 4 is 5.69 Å². The fraction of sp³-hybridized carbons (Fsp3) is 0.200. The summed E-state index contributed by atoms with van der Waals surface area (Å²) in [4.78, 5) is 0. The Balaban J connectivity index is 2.33. The van der Waals surface area contributed by atoms with Gasteiger partial charge in [0.2, 0.25) is 0 Å². The molecular weight excluding hydrogens is 210 g/mol. The second kappa shape index (κ2) is 4.60. The van der Waals surface area contributed by atoms with Crippen LogP contribution in [0.25, 0.3) is 0 Å². The van der Waals surface area contributed by atoms with Gasteiger partial charge in [0.1, 0.15) is 0 Å². The fourth-order valence-electron chi connectivity index (χ4n) is 1.86. The van der Waals surface area contributed by atoms with Crippen molar-refractivity contribution in [1.82, 2.24) is 0 Å². The van der Waals surface area contributed by atoms with E-state index in [1.165, 1.54) is 5.06 Å². The first kappa shape index (κ1) is 11.7. The molecule has 1 N–H and O–H groups in total. The number of para-hydroxylation sites is 1. The first-order valence-electron chi connectivity index (χ1n) is 5.72. The number of hydrogen-bond donors (Lipinski definition) is 1. The highest BCUT2D eigenvalue weighted by molar-refractivity contribution is 5.47. The number of anilines is 1. The molecule has 0 atom stereocenters. The Kier molecular flexibility index (Phi) is 3.16. The fourth-order valence-corrected chi connectivity index (χ4v) is 1.86. The van der Waals surface area contributed by atoms with Crippen LogP contribution in [-0.2, 0) is 5.54 Å². The van der Waals surface area contributed by atoms with Gasteiger partial charge in [0, 0.05) is 0 Å². The minimum atomic E-state index is -0.456. The number of benzene rings is 2. The summed E-state index contributed by atoms with van der Waals surface area (Å²) in [6, 6.07) is 19.5. The lowest BCUT2D eigenvalue weighted by Crippen LogP contribution is -2.39. The van der Waals surface area contributed by atoms with Gasteiger partial charge in [-0.05, 0) is 31.5 Å². The second-order valence-electron chi connectivity index (χ2n) is 4.57. The van der Waals surface area contributed by atoms with Gasteiger partial charge in [0.05, 0.1) is 11.2 Å². The van der Waals surface area contributed by atoms with E-state index < -0.39 is 5.54 Å². The molecule has 0 amide bonds. The van der Waals surface area contributed by atoms with Gasteiger partial charge in [-0.25, -0.2) is 5.06 Å². The molecule has 0 saturated carbocycles. The monoisotopic (exact) mass is 227 g/mol. The van der Waals surface area contributed by atoms with Crippen molar-refractivity contribution < 1.29 is 5.21 Å². The number of nitrogens with zero attached hydrogens (tertiary/aromatic N) is 1. The third-order valence-corrected chi connectivity index (χ3v) is 3.01. The normalized spacial score (nSPS) is 11.2. The van der Waals surface area contributed by atoms with E-state index in [1.54, 1.807) is 0 Å². The van der Waals surface area contributed by atoms with Gasteiger partial charge in [0.25, 0.3) is 0 Å². The van der Waals surface area contributed by atoms with Crippen LogP contribution in [0.5, 0.6) is 0 Å². The van der Waals surface area contributed by atoms with Crippen molar-refractivity contribution in [3.8, 4) is 0 Å². The van der Waals surface area contributed by atoms with Crippen LogP contribution in [0.2, 0.25) is 0 Å². The lowest BCUT2D eigenvalue weighted by Gasteiger charge is -2.35. The zero-order valence-electron chi connectivity index (χ0n) is 10.2. The van der Waals surface area contributed by atoms with E-state index in [-0.39, 0.29) is 0 Å². The molecule has 0 aliphatic rings. The van der Waals surface area contributed by atoms with Gasteiger partial charge in [-0.2, -0.15) is 0 Å². The van der Waals surface area contributed by atoms with Crippen molar-refractivity contribution in [2.75, 3.05) is 5.06 Å². The molecule has 0 fully saturated rings. The molecule has 0 unspecified atom stereocenters. The molecule has 0 aromatic heterocycles. The maximum Gasteiger partial charge on any atom is 0.0863 e. The minimum absolute atomic E-state index is 0.456. The molecule has 0 bridgehead atoms. The molecule has 88 valence electrons. The van der Waals surface area contributed by atoms with Gasteiger partial charge in [0.15, 0.2) is 0 Å². The predicted molar refractivity (Wildman–Crippen MR) is 70.2 cm³/mol.